The molecule has 0 aliphatic heterocycles. The lowest BCUT2D eigenvalue weighted by molar-refractivity contribution is 0.130. The Morgan fingerprint density at radius 2 is 2.17 bits per heavy atom. The van der Waals surface area contributed by atoms with E-state index in [1.165, 1.54) is 11.1 Å². The number of hydrogen-bond donors (Lipinski definition) is 2. The zero-order valence-corrected chi connectivity index (χ0v) is 11.3. The molecule has 0 fully saturated rings. The molecule has 0 radical (unpaired) electrons. The van der Waals surface area contributed by atoms with Gasteiger partial charge in [0.15, 0.2) is 0 Å². The van der Waals surface area contributed by atoms with Crippen LogP contribution in [0.5, 0.6) is 0 Å². The molecule has 2 rings (SSSR count). The van der Waals surface area contributed by atoms with Crippen LogP contribution in [0.4, 0.5) is 0 Å². The summed E-state index contributed by atoms with van der Waals surface area (Å²) in [5, 5.41) is 13.8. The van der Waals surface area contributed by atoms with Gasteiger partial charge in [-0.05, 0) is 30.4 Å². The minimum atomic E-state index is -0.305. The summed E-state index contributed by atoms with van der Waals surface area (Å²) in [4.78, 5) is 0. The van der Waals surface area contributed by atoms with Gasteiger partial charge in [-0.2, -0.15) is 0 Å². The molecule has 2 heteroatoms. The first kappa shape index (κ1) is 13.3. The quantitative estimate of drug-likeness (QED) is 0.782. The van der Waals surface area contributed by atoms with E-state index in [1.54, 1.807) is 0 Å². The monoisotopic (exact) mass is 245 g/mol. The molecule has 1 aliphatic carbocycles. The maximum Gasteiger partial charge on any atom is 0.0775 e. The summed E-state index contributed by atoms with van der Waals surface area (Å²) >= 11 is 0. The van der Waals surface area contributed by atoms with Gasteiger partial charge in [0.05, 0.1) is 12.1 Å². The van der Waals surface area contributed by atoms with Gasteiger partial charge in [-0.1, -0.05) is 37.3 Å². The van der Waals surface area contributed by atoms with Gasteiger partial charge in [0.2, 0.25) is 0 Å². The van der Waals surface area contributed by atoms with Gasteiger partial charge in [0, 0.05) is 12.5 Å². The Balaban J connectivity index is 2.07. The molecule has 18 heavy (non-hydrogen) atoms. The van der Waals surface area contributed by atoms with Gasteiger partial charge in [-0.3, -0.25) is 0 Å². The van der Waals surface area contributed by atoms with Gasteiger partial charge < -0.3 is 10.4 Å². The third kappa shape index (κ3) is 2.65. The molecule has 2 unspecified atom stereocenters. The Hall–Kier alpha value is -1.12. The highest BCUT2D eigenvalue weighted by atomic mass is 16.3. The number of aliphatic hydroxyl groups excluding tert-OH is 1. The van der Waals surface area contributed by atoms with Crippen molar-refractivity contribution in [3.05, 3.63) is 48.0 Å². The highest BCUT2D eigenvalue weighted by molar-refractivity contribution is 5.36. The average Bonchev–Trinajstić information content (AvgIpc) is 2.66. The molecule has 2 nitrogen and oxygen atoms in total. The van der Waals surface area contributed by atoms with Crippen LogP contribution in [0.25, 0.3) is 0 Å². The largest absolute Gasteiger partial charge is 0.391 e. The lowest BCUT2D eigenvalue weighted by Gasteiger charge is -2.27. The second kappa shape index (κ2) is 5.68. The number of fused-ring (bicyclic) bond motifs is 1. The van der Waals surface area contributed by atoms with Crippen LogP contribution in [0.3, 0.4) is 0 Å². The Kier molecular flexibility index (Phi) is 4.20. The van der Waals surface area contributed by atoms with E-state index >= 15 is 0 Å². The number of benzene rings is 1. The normalized spacial score (nSPS) is 25.5. The lowest BCUT2D eigenvalue weighted by Crippen LogP contribution is -2.38. The van der Waals surface area contributed by atoms with E-state index in [4.69, 9.17) is 0 Å². The summed E-state index contributed by atoms with van der Waals surface area (Å²) < 4.78 is 0. The molecule has 1 aromatic carbocycles. The van der Waals surface area contributed by atoms with Crippen molar-refractivity contribution in [1.82, 2.24) is 5.32 Å². The molecule has 0 amide bonds. The number of hydrogen-bond acceptors (Lipinski definition) is 2. The van der Waals surface area contributed by atoms with Crippen molar-refractivity contribution in [2.45, 2.75) is 44.9 Å². The maximum atomic E-state index is 10.2. The van der Waals surface area contributed by atoms with Crippen molar-refractivity contribution in [1.29, 1.82) is 0 Å². The molecule has 2 N–H and O–H groups in total. The van der Waals surface area contributed by atoms with E-state index < -0.39 is 0 Å². The second-order valence-electron chi connectivity index (χ2n) is 5.40. The van der Waals surface area contributed by atoms with Crippen LogP contribution < -0.4 is 5.32 Å². The first-order valence-electron chi connectivity index (χ1n) is 6.76. The fourth-order valence-electron chi connectivity index (χ4n) is 2.69. The minimum Gasteiger partial charge on any atom is -0.391 e. The van der Waals surface area contributed by atoms with Crippen molar-refractivity contribution in [2.24, 2.45) is 5.92 Å². The van der Waals surface area contributed by atoms with Crippen molar-refractivity contribution in [3.8, 4) is 0 Å². The van der Waals surface area contributed by atoms with E-state index in [9.17, 15) is 5.11 Å². The predicted molar refractivity (Wildman–Crippen MR) is 75.5 cm³/mol. The summed E-state index contributed by atoms with van der Waals surface area (Å²) in [6, 6.07) is 8.75. The van der Waals surface area contributed by atoms with Gasteiger partial charge in [0.1, 0.15) is 0 Å². The van der Waals surface area contributed by atoms with Crippen LogP contribution in [0.1, 0.15) is 37.4 Å². The highest BCUT2D eigenvalue weighted by Crippen LogP contribution is 2.32. The minimum absolute atomic E-state index is 0.0727. The van der Waals surface area contributed by atoms with Crippen molar-refractivity contribution in [2.75, 3.05) is 0 Å². The van der Waals surface area contributed by atoms with Crippen LogP contribution >= 0.6 is 0 Å². The van der Waals surface area contributed by atoms with Crippen molar-refractivity contribution < 1.29 is 5.11 Å². The van der Waals surface area contributed by atoms with Crippen LogP contribution in [0.2, 0.25) is 0 Å². The number of aliphatic hydroxyl groups is 1. The first-order valence-corrected chi connectivity index (χ1v) is 6.76. The molecule has 0 saturated carbocycles. The fraction of sp³-hybridized carbons (Fsp3) is 0.500. The molecular formula is C16H23NO. The summed E-state index contributed by atoms with van der Waals surface area (Å²) in [5.41, 5.74) is 2.52. The third-order valence-electron chi connectivity index (χ3n) is 4.04. The van der Waals surface area contributed by atoms with E-state index in [-0.39, 0.29) is 12.1 Å². The van der Waals surface area contributed by atoms with Crippen LogP contribution in [-0.2, 0) is 6.42 Å². The second-order valence-corrected chi connectivity index (χ2v) is 5.40. The summed E-state index contributed by atoms with van der Waals surface area (Å²) in [6.07, 6.45) is 3.41. The molecule has 0 heterocycles. The first-order chi connectivity index (χ1) is 8.63. The van der Waals surface area contributed by atoms with Crippen LogP contribution in [-0.4, -0.2) is 17.3 Å². The summed E-state index contributed by atoms with van der Waals surface area (Å²) in [5.74, 6) is 0.530. The lowest BCUT2D eigenvalue weighted by atomic mass is 9.97. The number of allylic oxidation sites excluding steroid dienone is 1. The molecular weight excluding hydrogens is 222 g/mol. The third-order valence-corrected chi connectivity index (χ3v) is 4.04. The predicted octanol–water partition coefficient (Wildman–Crippen LogP) is 2.84. The van der Waals surface area contributed by atoms with Gasteiger partial charge in [0.25, 0.3) is 0 Å². The average molecular weight is 245 g/mol. The molecule has 98 valence electrons. The zero-order chi connectivity index (χ0) is 13.1. The Labute approximate surface area is 110 Å². The highest BCUT2D eigenvalue weighted by Gasteiger charge is 2.31. The van der Waals surface area contributed by atoms with Crippen LogP contribution in [0, 0.1) is 5.92 Å². The molecule has 4 atom stereocenters. The Morgan fingerprint density at radius 3 is 2.89 bits per heavy atom. The van der Waals surface area contributed by atoms with E-state index in [1.807, 2.05) is 18.2 Å². The van der Waals surface area contributed by atoms with Crippen molar-refractivity contribution >= 4 is 0 Å². The molecule has 0 aromatic heterocycles. The number of nitrogens with one attached hydrogen (secondary N) is 1. The van der Waals surface area contributed by atoms with Crippen molar-refractivity contribution in [3.63, 3.8) is 0 Å². The molecule has 0 saturated heterocycles. The van der Waals surface area contributed by atoms with Gasteiger partial charge in [-0.25, -0.2) is 0 Å². The molecule has 0 spiro atoms. The summed E-state index contributed by atoms with van der Waals surface area (Å²) in [7, 11) is 0. The van der Waals surface area contributed by atoms with E-state index in [0.717, 1.165) is 12.8 Å². The zero-order valence-electron chi connectivity index (χ0n) is 11.3. The van der Waals surface area contributed by atoms with Gasteiger partial charge >= 0.3 is 0 Å². The molecule has 1 aliphatic rings. The Bertz CT molecular complexity index is 415. The van der Waals surface area contributed by atoms with Crippen LogP contribution in [0.15, 0.2) is 36.9 Å². The fourth-order valence-corrected chi connectivity index (χ4v) is 2.69. The maximum absolute atomic E-state index is 10.2. The van der Waals surface area contributed by atoms with Gasteiger partial charge in [-0.15, -0.1) is 6.58 Å². The Morgan fingerprint density at radius 1 is 1.44 bits per heavy atom. The van der Waals surface area contributed by atoms with E-state index in [0.29, 0.717) is 12.0 Å². The smallest absolute Gasteiger partial charge is 0.0775 e. The topological polar surface area (TPSA) is 32.3 Å². The SMILES string of the molecule is C=CCC(C)C(C)N[C@H]1c2ccccc2C[C@H]1O. The summed E-state index contributed by atoms with van der Waals surface area (Å²) in [6.45, 7) is 8.19. The number of rotatable bonds is 5. The van der Waals surface area contributed by atoms with E-state index in [2.05, 4.69) is 37.9 Å². The molecule has 0 bridgehead atoms. The molecule has 1 aromatic rings. The standard InChI is InChI=1S/C16H23NO/c1-4-7-11(2)12(3)17-16-14-9-6-5-8-13(14)10-15(16)18/h4-6,8-9,11-12,15-18H,1,7,10H2,2-3H3/t11?,12?,15-,16+/m1/s1.